The molecule has 1 saturated heterocycles. The Bertz CT molecular complexity index is 927. The quantitative estimate of drug-likeness (QED) is 0.782. The van der Waals surface area contributed by atoms with Crippen LogP contribution < -0.4 is 0 Å². The van der Waals surface area contributed by atoms with Crippen LogP contribution in [0.5, 0.6) is 0 Å². The molecule has 0 saturated carbocycles. The van der Waals surface area contributed by atoms with Crippen LogP contribution in [0.2, 0.25) is 0 Å². The number of halogens is 1. The third-order valence-corrected chi connectivity index (χ3v) is 6.24. The largest absolute Gasteiger partial charge is 0.379 e. The van der Waals surface area contributed by atoms with Crippen LogP contribution >= 0.6 is 0 Å². The highest BCUT2D eigenvalue weighted by atomic mass is 32.2. The number of benzene rings is 2. The lowest BCUT2D eigenvalue weighted by molar-refractivity contribution is 0.0730. The third-order valence-electron chi connectivity index (χ3n) is 4.34. The fraction of sp³-hybridized carbons (Fsp3) is 0.316. The first-order chi connectivity index (χ1) is 12.9. The Hall–Kier alpha value is -2.29. The van der Waals surface area contributed by atoms with Crippen molar-refractivity contribution in [3.05, 3.63) is 65.5 Å². The maximum atomic E-state index is 13.3. The predicted octanol–water partition coefficient (Wildman–Crippen LogP) is 2.12. The summed E-state index contributed by atoms with van der Waals surface area (Å²) in [6.07, 6.45) is 0. The Morgan fingerprint density at radius 2 is 1.85 bits per heavy atom. The van der Waals surface area contributed by atoms with E-state index >= 15 is 0 Å². The Balaban J connectivity index is 1.78. The normalized spacial score (nSPS) is 15.5. The average Bonchev–Trinajstić information content (AvgIpc) is 2.68. The number of amides is 1. The number of sulfonamides is 1. The molecule has 0 aromatic heterocycles. The maximum Gasteiger partial charge on any atom is 0.253 e. The number of hydrogen-bond acceptors (Lipinski definition) is 4. The lowest BCUT2D eigenvalue weighted by atomic mass is 10.1. The van der Waals surface area contributed by atoms with Gasteiger partial charge in [-0.15, -0.1) is 0 Å². The topological polar surface area (TPSA) is 66.9 Å². The highest BCUT2D eigenvalue weighted by Crippen LogP contribution is 2.19. The van der Waals surface area contributed by atoms with Crippen LogP contribution in [-0.4, -0.2) is 56.9 Å². The summed E-state index contributed by atoms with van der Waals surface area (Å²) in [4.78, 5) is 14.2. The first kappa shape index (κ1) is 19.5. The van der Waals surface area contributed by atoms with E-state index in [4.69, 9.17) is 4.74 Å². The molecule has 1 amide bonds. The lowest BCUT2D eigenvalue weighted by Crippen LogP contribution is -2.40. The lowest BCUT2D eigenvalue weighted by Gasteiger charge is -2.26. The molecular weight excluding hydrogens is 371 g/mol. The van der Waals surface area contributed by atoms with Crippen molar-refractivity contribution in [3.8, 4) is 0 Å². The molecule has 0 N–H and O–H groups in total. The summed E-state index contributed by atoms with van der Waals surface area (Å²) < 4.78 is 45.4. The summed E-state index contributed by atoms with van der Waals surface area (Å²) in [6, 6.07) is 12.0. The second-order valence-electron chi connectivity index (χ2n) is 6.34. The minimum absolute atomic E-state index is 0.0782. The molecule has 0 bridgehead atoms. The van der Waals surface area contributed by atoms with Crippen molar-refractivity contribution < 1.29 is 22.3 Å². The standard InChI is InChI=1S/C19H21FN2O4S/c1-21(14-15-4-2-6-17(20)12-15)19(23)16-5-3-7-18(13-16)27(24,25)22-8-10-26-11-9-22/h2-7,12-13H,8-11,14H2,1H3. The SMILES string of the molecule is CN(Cc1cccc(F)c1)C(=O)c1cccc(S(=O)(=O)N2CCOCC2)c1. The van der Waals surface area contributed by atoms with E-state index in [1.54, 1.807) is 31.3 Å². The minimum Gasteiger partial charge on any atom is -0.379 e. The van der Waals surface area contributed by atoms with Crippen molar-refractivity contribution in [2.24, 2.45) is 0 Å². The Morgan fingerprint density at radius 1 is 1.15 bits per heavy atom. The molecule has 2 aromatic carbocycles. The fourth-order valence-electron chi connectivity index (χ4n) is 2.93. The van der Waals surface area contributed by atoms with E-state index in [1.807, 2.05) is 0 Å². The van der Waals surface area contributed by atoms with Crippen molar-refractivity contribution in [2.75, 3.05) is 33.4 Å². The highest BCUT2D eigenvalue weighted by Gasteiger charge is 2.27. The summed E-state index contributed by atoms with van der Waals surface area (Å²) >= 11 is 0. The zero-order valence-electron chi connectivity index (χ0n) is 15.0. The van der Waals surface area contributed by atoms with E-state index < -0.39 is 10.0 Å². The summed E-state index contributed by atoms with van der Waals surface area (Å²) in [5, 5.41) is 0. The van der Waals surface area contributed by atoms with Crippen molar-refractivity contribution in [1.82, 2.24) is 9.21 Å². The Labute approximate surface area is 158 Å². The van der Waals surface area contributed by atoms with Crippen LogP contribution in [0.15, 0.2) is 53.4 Å². The zero-order chi connectivity index (χ0) is 19.4. The van der Waals surface area contributed by atoms with Gasteiger partial charge in [-0.25, -0.2) is 12.8 Å². The first-order valence-electron chi connectivity index (χ1n) is 8.56. The van der Waals surface area contributed by atoms with Gasteiger partial charge in [0.1, 0.15) is 5.82 Å². The summed E-state index contributed by atoms with van der Waals surface area (Å²) in [5.74, 6) is -0.703. The summed E-state index contributed by atoms with van der Waals surface area (Å²) in [7, 11) is -2.08. The molecule has 0 radical (unpaired) electrons. The van der Waals surface area contributed by atoms with Crippen molar-refractivity contribution in [2.45, 2.75) is 11.4 Å². The van der Waals surface area contributed by atoms with Gasteiger partial charge in [-0.2, -0.15) is 4.31 Å². The van der Waals surface area contributed by atoms with Gasteiger partial charge in [0, 0.05) is 32.2 Å². The summed E-state index contributed by atoms with van der Waals surface area (Å²) in [5.41, 5.74) is 0.922. The molecule has 1 fully saturated rings. The van der Waals surface area contributed by atoms with E-state index in [-0.39, 0.29) is 28.7 Å². The van der Waals surface area contributed by atoms with Gasteiger partial charge in [-0.1, -0.05) is 18.2 Å². The van der Waals surface area contributed by atoms with Crippen molar-refractivity contribution in [1.29, 1.82) is 0 Å². The smallest absolute Gasteiger partial charge is 0.253 e. The third kappa shape index (κ3) is 4.52. The second-order valence-corrected chi connectivity index (χ2v) is 8.27. The number of hydrogen-bond donors (Lipinski definition) is 0. The first-order valence-corrected chi connectivity index (χ1v) is 10.00. The van der Waals surface area contributed by atoms with Crippen LogP contribution in [-0.2, 0) is 21.3 Å². The number of carbonyl (C=O) groups excluding carboxylic acids is 1. The molecule has 6 nitrogen and oxygen atoms in total. The summed E-state index contributed by atoms with van der Waals surface area (Å²) in [6.45, 7) is 1.51. The molecule has 0 unspecified atom stereocenters. The monoisotopic (exact) mass is 392 g/mol. The molecule has 27 heavy (non-hydrogen) atoms. The zero-order valence-corrected chi connectivity index (χ0v) is 15.8. The minimum atomic E-state index is -3.68. The van der Waals surface area contributed by atoms with Crippen LogP contribution in [0.3, 0.4) is 0 Å². The molecule has 0 spiro atoms. The molecule has 144 valence electrons. The number of ether oxygens (including phenoxy) is 1. The Kier molecular flexibility index (Phi) is 5.88. The van der Waals surface area contributed by atoms with Gasteiger partial charge in [-0.3, -0.25) is 4.79 Å². The Morgan fingerprint density at radius 3 is 2.56 bits per heavy atom. The number of carbonyl (C=O) groups is 1. The van der Waals surface area contributed by atoms with Gasteiger partial charge >= 0.3 is 0 Å². The number of nitrogens with zero attached hydrogens (tertiary/aromatic N) is 2. The molecule has 0 atom stereocenters. The highest BCUT2D eigenvalue weighted by molar-refractivity contribution is 7.89. The molecule has 3 rings (SSSR count). The van der Waals surface area contributed by atoms with E-state index in [0.29, 0.717) is 31.9 Å². The van der Waals surface area contributed by atoms with Crippen molar-refractivity contribution in [3.63, 3.8) is 0 Å². The van der Waals surface area contributed by atoms with Gasteiger partial charge in [0.25, 0.3) is 5.91 Å². The van der Waals surface area contributed by atoms with E-state index in [9.17, 15) is 17.6 Å². The van der Waals surface area contributed by atoms with E-state index in [1.165, 1.54) is 33.5 Å². The van der Waals surface area contributed by atoms with Crippen LogP contribution in [0.25, 0.3) is 0 Å². The van der Waals surface area contributed by atoms with Crippen LogP contribution in [0.1, 0.15) is 15.9 Å². The number of rotatable bonds is 5. The van der Waals surface area contributed by atoms with Crippen molar-refractivity contribution >= 4 is 15.9 Å². The molecule has 1 aliphatic heterocycles. The average molecular weight is 392 g/mol. The molecule has 1 heterocycles. The molecule has 2 aromatic rings. The van der Waals surface area contributed by atoms with Gasteiger partial charge < -0.3 is 9.64 Å². The number of morpholine rings is 1. The predicted molar refractivity (Wildman–Crippen MR) is 98.2 cm³/mol. The molecule has 1 aliphatic rings. The molecular formula is C19H21FN2O4S. The van der Waals surface area contributed by atoms with Crippen LogP contribution in [0.4, 0.5) is 4.39 Å². The maximum absolute atomic E-state index is 13.3. The molecule has 8 heteroatoms. The molecule has 0 aliphatic carbocycles. The van der Waals surface area contributed by atoms with E-state index in [0.717, 1.165) is 0 Å². The van der Waals surface area contributed by atoms with E-state index in [2.05, 4.69) is 0 Å². The van der Waals surface area contributed by atoms with Gasteiger partial charge in [0.05, 0.1) is 18.1 Å². The van der Waals surface area contributed by atoms with Gasteiger partial charge in [0.15, 0.2) is 0 Å². The second kappa shape index (κ2) is 8.16. The van der Waals surface area contributed by atoms with Gasteiger partial charge in [0.2, 0.25) is 10.0 Å². The fourth-order valence-corrected chi connectivity index (χ4v) is 4.38. The van der Waals surface area contributed by atoms with Gasteiger partial charge in [-0.05, 0) is 35.9 Å². The van der Waals surface area contributed by atoms with Crippen LogP contribution in [0, 0.1) is 5.82 Å².